The van der Waals surface area contributed by atoms with Crippen LogP contribution in [-0.4, -0.2) is 53.3 Å². The largest absolute Gasteiger partial charge is 0.348 e. The molecule has 1 aliphatic heterocycles. The van der Waals surface area contributed by atoms with Gasteiger partial charge in [-0.2, -0.15) is 0 Å². The number of carbonyl (C=O) groups is 2. The van der Waals surface area contributed by atoms with Crippen molar-refractivity contribution in [2.75, 3.05) is 20.1 Å². The summed E-state index contributed by atoms with van der Waals surface area (Å²) >= 11 is 6.02. The van der Waals surface area contributed by atoms with Crippen LogP contribution in [0.5, 0.6) is 0 Å². The molecule has 1 saturated carbocycles. The molecular weight excluding hydrogens is 374 g/mol. The molecule has 1 unspecified atom stereocenters. The number of hydrogen-bond acceptors (Lipinski definition) is 3. The highest BCUT2D eigenvalue weighted by atomic mass is 35.5. The van der Waals surface area contributed by atoms with E-state index in [9.17, 15) is 9.59 Å². The average Bonchev–Trinajstić information content (AvgIpc) is 3.06. The van der Waals surface area contributed by atoms with Gasteiger partial charge in [0.1, 0.15) is 0 Å². The Morgan fingerprint density at radius 1 is 1.29 bits per heavy atom. The van der Waals surface area contributed by atoms with E-state index in [1.54, 1.807) is 4.90 Å². The van der Waals surface area contributed by atoms with Crippen molar-refractivity contribution in [1.29, 1.82) is 0 Å². The number of nitrogens with one attached hydrogen (secondary N) is 1. The fraction of sp³-hybridized carbons (Fsp3) is 0.636. The van der Waals surface area contributed by atoms with Crippen molar-refractivity contribution < 1.29 is 9.59 Å². The van der Waals surface area contributed by atoms with Gasteiger partial charge in [-0.15, -0.1) is 0 Å². The molecule has 3 rings (SSSR count). The molecule has 2 fully saturated rings. The maximum Gasteiger partial charge on any atom is 0.238 e. The quantitative estimate of drug-likeness (QED) is 0.788. The Bertz CT molecular complexity index is 698. The van der Waals surface area contributed by atoms with E-state index in [0.717, 1.165) is 37.8 Å². The van der Waals surface area contributed by atoms with Gasteiger partial charge in [0, 0.05) is 31.7 Å². The van der Waals surface area contributed by atoms with Crippen molar-refractivity contribution in [2.24, 2.45) is 5.92 Å². The first kappa shape index (κ1) is 21.1. The number of rotatable bonds is 6. The first-order valence-electron chi connectivity index (χ1n) is 10.3. The van der Waals surface area contributed by atoms with E-state index in [2.05, 4.69) is 24.1 Å². The molecular formula is C22H32ClN3O2. The Morgan fingerprint density at radius 2 is 1.93 bits per heavy atom. The lowest BCUT2D eigenvalue weighted by atomic mass is 9.90. The highest BCUT2D eigenvalue weighted by molar-refractivity contribution is 6.30. The second-order valence-corrected chi connectivity index (χ2v) is 9.33. The lowest BCUT2D eigenvalue weighted by Gasteiger charge is -2.45. The van der Waals surface area contributed by atoms with Crippen LogP contribution in [0.2, 0.25) is 5.02 Å². The predicted octanol–water partition coefficient (Wildman–Crippen LogP) is 3.46. The number of amides is 2. The van der Waals surface area contributed by atoms with Gasteiger partial charge in [-0.05, 0) is 36.5 Å². The molecule has 1 saturated heterocycles. The Labute approximate surface area is 173 Å². The minimum absolute atomic E-state index is 0.00610. The molecule has 1 aliphatic carbocycles. The smallest absolute Gasteiger partial charge is 0.238 e. The fourth-order valence-electron chi connectivity index (χ4n) is 4.57. The molecule has 5 nitrogen and oxygen atoms in total. The average molecular weight is 406 g/mol. The molecule has 1 aromatic rings. The fourth-order valence-corrected chi connectivity index (χ4v) is 4.69. The molecule has 0 aromatic heterocycles. The van der Waals surface area contributed by atoms with Crippen LogP contribution >= 0.6 is 11.6 Å². The Balaban J connectivity index is 1.77. The third kappa shape index (κ3) is 5.06. The molecule has 1 spiro atoms. The normalized spacial score (nSPS) is 21.9. The third-order valence-electron chi connectivity index (χ3n) is 5.93. The summed E-state index contributed by atoms with van der Waals surface area (Å²) in [6.07, 6.45) is 4.55. The number of piperazine rings is 1. The van der Waals surface area contributed by atoms with Crippen LogP contribution in [0.25, 0.3) is 0 Å². The van der Waals surface area contributed by atoms with E-state index < -0.39 is 6.04 Å². The second-order valence-electron chi connectivity index (χ2n) is 8.90. The van der Waals surface area contributed by atoms with Crippen molar-refractivity contribution in [3.63, 3.8) is 0 Å². The summed E-state index contributed by atoms with van der Waals surface area (Å²) in [5.74, 6) is 0.423. The van der Waals surface area contributed by atoms with E-state index in [0.29, 0.717) is 24.0 Å². The van der Waals surface area contributed by atoms with Crippen LogP contribution in [0.4, 0.5) is 0 Å². The van der Waals surface area contributed by atoms with E-state index >= 15 is 0 Å². The van der Waals surface area contributed by atoms with E-state index in [-0.39, 0.29) is 23.8 Å². The zero-order valence-corrected chi connectivity index (χ0v) is 18.0. The molecule has 1 aromatic carbocycles. The van der Waals surface area contributed by atoms with Crippen molar-refractivity contribution in [1.82, 2.24) is 15.1 Å². The van der Waals surface area contributed by atoms with Gasteiger partial charge in [-0.1, -0.05) is 50.4 Å². The molecule has 1 N–H and O–H groups in total. The first-order valence-corrected chi connectivity index (χ1v) is 10.7. The summed E-state index contributed by atoms with van der Waals surface area (Å²) in [7, 11) is 1.82. The van der Waals surface area contributed by atoms with Crippen LogP contribution in [0.1, 0.15) is 51.5 Å². The first-order chi connectivity index (χ1) is 13.3. The van der Waals surface area contributed by atoms with Crippen LogP contribution < -0.4 is 5.32 Å². The van der Waals surface area contributed by atoms with Crippen LogP contribution in [0, 0.1) is 5.92 Å². The number of hydrogen-bond donors (Lipinski definition) is 1. The van der Waals surface area contributed by atoms with Crippen molar-refractivity contribution in [3.8, 4) is 0 Å². The maximum atomic E-state index is 13.0. The molecule has 6 heteroatoms. The van der Waals surface area contributed by atoms with Crippen LogP contribution in [-0.2, 0) is 16.1 Å². The van der Waals surface area contributed by atoms with Crippen molar-refractivity contribution in [2.45, 2.75) is 64.1 Å². The Morgan fingerprint density at radius 3 is 2.54 bits per heavy atom. The van der Waals surface area contributed by atoms with Gasteiger partial charge in [0.05, 0.1) is 18.0 Å². The van der Waals surface area contributed by atoms with Gasteiger partial charge < -0.3 is 10.2 Å². The summed E-state index contributed by atoms with van der Waals surface area (Å²) in [6.45, 7) is 6.33. The van der Waals surface area contributed by atoms with Crippen molar-refractivity contribution >= 4 is 23.4 Å². The molecule has 2 aliphatic rings. The predicted molar refractivity (Wildman–Crippen MR) is 112 cm³/mol. The third-order valence-corrected chi connectivity index (χ3v) is 6.18. The lowest BCUT2D eigenvalue weighted by Crippen LogP contribution is -2.66. The molecule has 28 heavy (non-hydrogen) atoms. The summed E-state index contributed by atoms with van der Waals surface area (Å²) in [4.78, 5) is 29.7. The molecule has 154 valence electrons. The lowest BCUT2D eigenvalue weighted by molar-refractivity contribution is -0.141. The monoisotopic (exact) mass is 405 g/mol. The summed E-state index contributed by atoms with van der Waals surface area (Å²) in [6, 6.07) is 7.33. The highest BCUT2D eigenvalue weighted by Crippen LogP contribution is 2.34. The number of nitrogens with zero attached hydrogens (tertiary/aromatic N) is 2. The molecule has 0 radical (unpaired) electrons. The molecule has 1 heterocycles. The van der Waals surface area contributed by atoms with E-state index in [1.165, 1.54) is 0 Å². The SMILES string of the molecule is CC(C)CN(C)C(=O)CC1C(=O)NC2(CCCC2)CN1Cc1ccc(Cl)cc1. The summed E-state index contributed by atoms with van der Waals surface area (Å²) in [5, 5.41) is 3.98. The topological polar surface area (TPSA) is 52.7 Å². The van der Waals surface area contributed by atoms with Crippen LogP contribution in [0.15, 0.2) is 24.3 Å². The minimum Gasteiger partial charge on any atom is -0.348 e. The summed E-state index contributed by atoms with van der Waals surface area (Å²) in [5.41, 5.74) is 0.979. The van der Waals surface area contributed by atoms with Gasteiger partial charge in [-0.3, -0.25) is 14.5 Å². The molecule has 0 bridgehead atoms. The Hall–Kier alpha value is -1.59. The minimum atomic E-state index is -0.427. The number of benzene rings is 1. The van der Waals surface area contributed by atoms with Gasteiger partial charge in [0.2, 0.25) is 11.8 Å². The van der Waals surface area contributed by atoms with Gasteiger partial charge >= 0.3 is 0 Å². The number of halogens is 1. The van der Waals surface area contributed by atoms with Crippen molar-refractivity contribution in [3.05, 3.63) is 34.9 Å². The standard InChI is InChI=1S/C22H32ClN3O2/c1-16(2)13-25(3)20(27)12-19-21(28)24-22(10-4-5-11-22)15-26(19)14-17-6-8-18(23)9-7-17/h6-9,16,19H,4-5,10-15H2,1-3H3,(H,24,28). The van der Waals surface area contributed by atoms with E-state index in [1.807, 2.05) is 31.3 Å². The van der Waals surface area contributed by atoms with E-state index in [4.69, 9.17) is 11.6 Å². The van der Waals surface area contributed by atoms with Gasteiger partial charge in [0.25, 0.3) is 0 Å². The zero-order chi connectivity index (χ0) is 20.3. The number of carbonyl (C=O) groups excluding carboxylic acids is 2. The van der Waals surface area contributed by atoms with Gasteiger partial charge in [-0.25, -0.2) is 0 Å². The Kier molecular flexibility index (Phi) is 6.66. The molecule has 1 atom stereocenters. The maximum absolute atomic E-state index is 13.0. The summed E-state index contributed by atoms with van der Waals surface area (Å²) < 4.78 is 0. The molecule has 2 amide bonds. The highest BCUT2D eigenvalue weighted by Gasteiger charge is 2.45. The van der Waals surface area contributed by atoms with Crippen LogP contribution in [0.3, 0.4) is 0 Å². The second kappa shape index (κ2) is 8.83. The van der Waals surface area contributed by atoms with Gasteiger partial charge in [0.15, 0.2) is 0 Å². The zero-order valence-electron chi connectivity index (χ0n) is 17.2.